The third-order valence-electron chi connectivity index (χ3n) is 7.24. The highest BCUT2D eigenvalue weighted by molar-refractivity contribution is 5.83. The molecule has 3 N–H and O–H groups in total. The summed E-state index contributed by atoms with van der Waals surface area (Å²) >= 11 is 0. The van der Waals surface area contributed by atoms with Crippen molar-refractivity contribution in [3.8, 4) is 0 Å². The van der Waals surface area contributed by atoms with Crippen LogP contribution in [0, 0.1) is 28.6 Å². The van der Waals surface area contributed by atoms with Crippen LogP contribution in [-0.2, 0) is 4.79 Å². The molecule has 0 saturated heterocycles. The standard InChI is InChI=1S/C18H30N2O/c19-11-17(3-1-2-4-17)12-20-16(21)18-8-13-5-14(9-18)7-15(6-13)10-18/h13-15H,1-12,19H2,(H,20,21). The summed E-state index contributed by atoms with van der Waals surface area (Å²) < 4.78 is 0. The first kappa shape index (κ1) is 14.0. The van der Waals surface area contributed by atoms with Gasteiger partial charge in [0.25, 0.3) is 0 Å². The van der Waals surface area contributed by atoms with Crippen LogP contribution < -0.4 is 11.1 Å². The second-order valence-electron chi connectivity index (χ2n) is 8.79. The van der Waals surface area contributed by atoms with Gasteiger partial charge in [-0.25, -0.2) is 0 Å². The van der Waals surface area contributed by atoms with E-state index < -0.39 is 0 Å². The number of nitrogens with one attached hydrogen (secondary N) is 1. The van der Waals surface area contributed by atoms with Gasteiger partial charge in [-0.3, -0.25) is 4.79 Å². The summed E-state index contributed by atoms with van der Waals surface area (Å²) in [7, 11) is 0. The maximum atomic E-state index is 13.0. The summed E-state index contributed by atoms with van der Waals surface area (Å²) in [6, 6.07) is 0. The smallest absolute Gasteiger partial charge is 0.226 e. The van der Waals surface area contributed by atoms with Crippen molar-refractivity contribution in [1.29, 1.82) is 0 Å². The lowest BCUT2D eigenvalue weighted by molar-refractivity contribution is -0.146. The Kier molecular flexibility index (Phi) is 3.33. The molecule has 0 aliphatic heterocycles. The molecule has 3 heteroatoms. The molecule has 1 amide bonds. The molecule has 0 aromatic rings. The molecule has 0 aromatic heterocycles. The fourth-order valence-electron chi connectivity index (χ4n) is 6.42. The second-order valence-corrected chi connectivity index (χ2v) is 8.79. The minimum absolute atomic E-state index is 0.00312. The van der Waals surface area contributed by atoms with Crippen molar-refractivity contribution in [2.45, 2.75) is 64.2 Å². The van der Waals surface area contributed by atoms with Crippen LogP contribution in [0.4, 0.5) is 0 Å². The van der Waals surface area contributed by atoms with Crippen molar-refractivity contribution in [3.05, 3.63) is 0 Å². The van der Waals surface area contributed by atoms with Gasteiger partial charge in [0.2, 0.25) is 5.91 Å². The monoisotopic (exact) mass is 290 g/mol. The average Bonchev–Trinajstić information content (AvgIpc) is 2.93. The van der Waals surface area contributed by atoms with Gasteiger partial charge in [-0.05, 0) is 81.1 Å². The lowest BCUT2D eigenvalue weighted by Gasteiger charge is -2.55. The molecular formula is C18H30N2O. The molecule has 0 heterocycles. The fourth-order valence-corrected chi connectivity index (χ4v) is 6.42. The average molecular weight is 290 g/mol. The molecule has 3 nitrogen and oxygen atoms in total. The maximum absolute atomic E-state index is 13.0. The first-order chi connectivity index (χ1) is 10.1. The SMILES string of the molecule is NCC1(CNC(=O)C23CC4CC(CC(C4)C2)C3)CCCC1. The molecule has 5 aliphatic rings. The van der Waals surface area contributed by atoms with Crippen LogP contribution in [0.15, 0.2) is 0 Å². The van der Waals surface area contributed by atoms with Crippen LogP contribution in [0.1, 0.15) is 64.2 Å². The highest BCUT2D eigenvalue weighted by atomic mass is 16.2. The number of amides is 1. The molecule has 118 valence electrons. The molecule has 4 bridgehead atoms. The molecule has 5 aliphatic carbocycles. The van der Waals surface area contributed by atoms with Gasteiger partial charge in [-0.1, -0.05) is 12.8 Å². The predicted molar refractivity (Wildman–Crippen MR) is 83.6 cm³/mol. The largest absolute Gasteiger partial charge is 0.355 e. The van der Waals surface area contributed by atoms with Crippen LogP contribution in [0.5, 0.6) is 0 Å². The van der Waals surface area contributed by atoms with Crippen LogP contribution in [0.2, 0.25) is 0 Å². The van der Waals surface area contributed by atoms with Crippen LogP contribution in [-0.4, -0.2) is 19.0 Å². The third kappa shape index (κ3) is 2.32. The molecule has 0 unspecified atom stereocenters. The minimum atomic E-state index is 0.00312. The number of carbonyl (C=O) groups excluding carboxylic acids is 1. The van der Waals surface area contributed by atoms with E-state index in [2.05, 4.69) is 5.32 Å². The first-order valence-electron chi connectivity index (χ1n) is 9.12. The Balaban J connectivity index is 1.43. The Morgan fingerprint density at radius 1 is 1.00 bits per heavy atom. The van der Waals surface area contributed by atoms with E-state index in [1.54, 1.807) is 0 Å². The van der Waals surface area contributed by atoms with E-state index in [0.717, 1.165) is 30.8 Å². The summed E-state index contributed by atoms with van der Waals surface area (Å²) in [6.07, 6.45) is 12.7. The lowest BCUT2D eigenvalue weighted by Crippen LogP contribution is -2.55. The number of hydrogen-bond donors (Lipinski definition) is 2. The van der Waals surface area contributed by atoms with E-state index in [0.29, 0.717) is 5.91 Å². The molecule has 5 fully saturated rings. The van der Waals surface area contributed by atoms with Crippen LogP contribution in [0.25, 0.3) is 0 Å². The number of rotatable bonds is 4. The highest BCUT2D eigenvalue weighted by Crippen LogP contribution is 2.60. The number of nitrogens with two attached hydrogens (primary N) is 1. The Labute approximate surface area is 128 Å². The van der Waals surface area contributed by atoms with Gasteiger partial charge in [0.1, 0.15) is 0 Å². The van der Waals surface area contributed by atoms with E-state index in [9.17, 15) is 4.79 Å². The van der Waals surface area contributed by atoms with Gasteiger partial charge in [-0.15, -0.1) is 0 Å². The molecule has 5 rings (SSSR count). The van der Waals surface area contributed by atoms with E-state index in [1.165, 1.54) is 64.2 Å². The first-order valence-corrected chi connectivity index (χ1v) is 9.12. The second kappa shape index (κ2) is 4.97. The zero-order valence-electron chi connectivity index (χ0n) is 13.2. The number of carbonyl (C=O) groups is 1. The summed E-state index contributed by atoms with van der Waals surface area (Å²) in [5, 5.41) is 3.35. The molecule has 21 heavy (non-hydrogen) atoms. The summed E-state index contributed by atoms with van der Waals surface area (Å²) in [6.45, 7) is 1.55. The zero-order valence-corrected chi connectivity index (χ0v) is 13.2. The van der Waals surface area contributed by atoms with Gasteiger partial charge in [-0.2, -0.15) is 0 Å². The Morgan fingerprint density at radius 3 is 2.00 bits per heavy atom. The van der Waals surface area contributed by atoms with E-state index in [1.807, 2.05) is 0 Å². The lowest BCUT2D eigenvalue weighted by atomic mass is 9.49. The topological polar surface area (TPSA) is 55.1 Å². The Hall–Kier alpha value is -0.570. The van der Waals surface area contributed by atoms with Crippen LogP contribution in [0.3, 0.4) is 0 Å². The van der Waals surface area contributed by atoms with Crippen molar-refractivity contribution in [2.24, 2.45) is 34.3 Å². The molecule has 0 aromatic carbocycles. The quantitative estimate of drug-likeness (QED) is 0.836. The Bertz CT molecular complexity index is 390. The van der Waals surface area contributed by atoms with Crippen molar-refractivity contribution in [3.63, 3.8) is 0 Å². The van der Waals surface area contributed by atoms with Gasteiger partial charge < -0.3 is 11.1 Å². The number of hydrogen-bond acceptors (Lipinski definition) is 2. The molecule has 0 radical (unpaired) electrons. The molecule has 0 atom stereocenters. The van der Waals surface area contributed by atoms with E-state index in [4.69, 9.17) is 5.73 Å². The molecular weight excluding hydrogens is 260 g/mol. The highest BCUT2D eigenvalue weighted by Gasteiger charge is 2.54. The summed E-state index contributed by atoms with van der Waals surface area (Å²) in [4.78, 5) is 13.0. The molecule has 0 spiro atoms. The zero-order chi connectivity index (χ0) is 14.5. The fraction of sp³-hybridized carbons (Fsp3) is 0.944. The van der Waals surface area contributed by atoms with E-state index >= 15 is 0 Å². The van der Waals surface area contributed by atoms with Gasteiger partial charge in [0.15, 0.2) is 0 Å². The van der Waals surface area contributed by atoms with E-state index in [-0.39, 0.29) is 10.8 Å². The summed E-state index contributed by atoms with van der Waals surface area (Å²) in [5.41, 5.74) is 6.22. The maximum Gasteiger partial charge on any atom is 0.226 e. The van der Waals surface area contributed by atoms with Crippen LogP contribution >= 0.6 is 0 Å². The summed E-state index contributed by atoms with van der Waals surface area (Å²) in [5.74, 6) is 2.91. The molecule has 5 saturated carbocycles. The van der Waals surface area contributed by atoms with Crippen molar-refractivity contribution in [1.82, 2.24) is 5.32 Å². The Morgan fingerprint density at radius 2 is 1.52 bits per heavy atom. The minimum Gasteiger partial charge on any atom is -0.355 e. The van der Waals surface area contributed by atoms with Gasteiger partial charge >= 0.3 is 0 Å². The van der Waals surface area contributed by atoms with Crippen molar-refractivity contribution in [2.75, 3.05) is 13.1 Å². The predicted octanol–water partition coefficient (Wildman–Crippen LogP) is 2.84. The normalized spacial score (nSPS) is 43.2. The van der Waals surface area contributed by atoms with Gasteiger partial charge in [0, 0.05) is 12.0 Å². The van der Waals surface area contributed by atoms with Gasteiger partial charge in [0.05, 0.1) is 0 Å². The third-order valence-corrected chi connectivity index (χ3v) is 7.24. The van der Waals surface area contributed by atoms with Crippen molar-refractivity contribution < 1.29 is 4.79 Å². The van der Waals surface area contributed by atoms with Crippen molar-refractivity contribution >= 4 is 5.91 Å².